The van der Waals surface area contributed by atoms with Crippen LogP contribution in [-0.2, 0) is 11.3 Å². The lowest BCUT2D eigenvalue weighted by molar-refractivity contribution is -0.121. The molecule has 0 aliphatic carbocycles. The molecule has 1 N–H and O–H groups in total. The molecule has 2 aromatic rings. The largest absolute Gasteiger partial charge is 0.326 e. The molecule has 0 radical (unpaired) electrons. The number of nitrogens with zero attached hydrogens (tertiary/aromatic N) is 3. The monoisotopic (exact) mass is 310 g/mol. The molecule has 1 amide bonds. The highest BCUT2D eigenvalue weighted by Gasteiger charge is 2.25. The minimum absolute atomic E-state index is 0.0879. The Morgan fingerprint density at radius 1 is 1.22 bits per heavy atom. The van der Waals surface area contributed by atoms with E-state index in [1.165, 1.54) is 0 Å². The van der Waals surface area contributed by atoms with Crippen molar-refractivity contribution in [2.24, 2.45) is 5.92 Å². The molecule has 5 nitrogen and oxygen atoms in total. The fraction of sp³-hybridized carbons (Fsp3) is 0.389. The molecule has 1 aliphatic rings. The maximum atomic E-state index is 12.3. The first-order valence-corrected chi connectivity index (χ1v) is 8.07. The Morgan fingerprint density at radius 2 is 1.96 bits per heavy atom. The Balaban J connectivity index is 1.49. The first-order chi connectivity index (χ1) is 11.2. The van der Waals surface area contributed by atoms with Gasteiger partial charge in [-0.15, -0.1) is 0 Å². The van der Waals surface area contributed by atoms with Gasteiger partial charge in [0.1, 0.15) is 5.82 Å². The first kappa shape index (κ1) is 15.6. The number of nitrogens with one attached hydrogen (secondary N) is 1. The van der Waals surface area contributed by atoms with Gasteiger partial charge < -0.3 is 5.32 Å². The van der Waals surface area contributed by atoms with Crippen LogP contribution in [0.25, 0.3) is 0 Å². The van der Waals surface area contributed by atoms with E-state index in [9.17, 15) is 4.79 Å². The number of carbonyl (C=O) groups excluding carboxylic acids is 1. The van der Waals surface area contributed by atoms with Crippen LogP contribution in [0.2, 0.25) is 0 Å². The van der Waals surface area contributed by atoms with Gasteiger partial charge in [0.05, 0.1) is 6.54 Å². The van der Waals surface area contributed by atoms with Crippen molar-refractivity contribution < 1.29 is 4.79 Å². The van der Waals surface area contributed by atoms with E-state index in [2.05, 4.69) is 20.2 Å². The summed E-state index contributed by atoms with van der Waals surface area (Å²) >= 11 is 0. The van der Waals surface area contributed by atoms with E-state index in [4.69, 9.17) is 0 Å². The molecule has 2 heterocycles. The Morgan fingerprint density at radius 3 is 2.65 bits per heavy atom. The molecule has 1 aromatic carbocycles. The van der Waals surface area contributed by atoms with E-state index in [-0.39, 0.29) is 11.8 Å². The predicted octanol–water partition coefficient (Wildman–Crippen LogP) is 2.64. The minimum atomic E-state index is 0.0879. The Labute approximate surface area is 136 Å². The number of likely N-dealkylation sites (tertiary alicyclic amines) is 1. The number of rotatable bonds is 4. The molecular formula is C18H22N4O. The molecule has 1 aromatic heterocycles. The summed E-state index contributed by atoms with van der Waals surface area (Å²) in [4.78, 5) is 23.4. The van der Waals surface area contributed by atoms with Gasteiger partial charge in [-0.3, -0.25) is 9.69 Å². The fourth-order valence-electron chi connectivity index (χ4n) is 2.90. The number of hydrogen-bond donors (Lipinski definition) is 1. The summed E-state index contributed by atoms with van der Waals surface area (Å²) in [5, 5.41) is 3.00. The van der Waals surface area contributed by atoms with Crippen LogP contribution in [0.4, 0.5) is 5.69 Å². The van der Waals surface area contributed by atoms with Gasteiger partial charge in [0, 0.05) is 23.5 Å². The van der Waals surface area contributed by atoms with Crippen LogP contribution < -0.4 is 5.32 Å². The van der Waals surface area contributed by atoms with Gasteiger partial charge >= 0.3 is 0 Å². The number of aromatic nitrogens is 2. The molecular weight excluding hydrogens is 288 g/mol. The molecule has 0 saturated carbocycles. The number of piperidine rings is 1. The van der Waals surface area contributed by atoms with Crippen molar-refractivity contribution in [2.45, 2.75) is 26.3 Å². The van der Waals surface area contributed by atoms with Crippen molar-refractivity contribution in [1.29, 1.82) is 0 Å². The van der Waals surface area contributed by atoms with Crippen LogP contribution in [0, 0.1) is 12.8 Å². The zero-order valence-corrected chi connectivity index (χ0v) is 13.4. The summed E-state index contributed by atoms with van der Waals surface area (Å²) in [5.74, 6) is 1.07. The average Bonchev–Trinajstić information content (AvgIpc) is 2.56. The summed E-state index contributed by atoms with van der Waals surface area (Å²) < 4.78 is 0. The quantitative estimate of drug-likeness (QED) is 0.943. The maximum absolute atomic E-state index is 12.3. The standard InChI is InChI=1S/C18H22N4O/c1-14-7-10-19-17(20-14)13-22-11-8-15(9-12-22)18(23)21-16-5-3-2-4-6-16/h2-7,10,15H,8-9,11-13H2,1H3,(H,21,23). The highest BCUT2D eigenvalue weighted by Crippen LogP contribution is 2.20. The second kappa shape index (κ2) is 7.33. The summed E-state index contributed by atoms with van der Waals surface area (Å²) in [6.45, 7) is 4.55. The van der Waals surface area contributed by atoms with Crippen LogP contribution in [0.1, 0.15) is 24.4 Å². The number of amides is 1. The van der Waals surface area contributed by atoms with Crippen molar-refractivity contribution in [3.05, 3.63) is 54.1 Å². The topological polar surface area (TPSA) is 58.1 Å². The highest BCUT2D eigenvalue weighted by atomic mass is 16.1. The number of para-hydroxylation sites is 1. The van der Waals surface area contributed by atoms with Gasteiger partial charge in [0.2, 0.25) is 5.91 Å². The molecule has 3 rings (SSSR count). The van der Waals surface area contributed by atoms with Crippen LogP contribution in [0.15, 0.2) is 42.6 Å². The maximum Gasteiger partial charge on any atom is 0.227 e. The van der Waals surface area contributed by atoms with E-state index in [0.29, 0.717) is 0 Å². The molecule has 5 heteroatoms. The highest BCUT2D eigenvalue weighted by molar-refractivity contribution is 5.92. The van der Waals surface area contributed by atoms with E-state index in [1.54, 1.807) is 6.20 Å². The molecule has 0 bridgehead atoms. The van der Waals surface area contributed by atoms with Crippen LogP contribution in [0.5, 0.6) is 0 Å². The number of anilines is 1. The smallest absolute Gasteiger partial charge is 0.227 e. The number of hydrogen-bond acceptors (Lipinski definition) is 4. The van der Waals surface area contributed by atoms with Crippen molar-refractivity contribution in [3.8, 4) is 0 Å². The molecule has 1 aliphatic heterocycles. The van der Waals surface area contributed by atoms with E-state index >= 15 is 0 Å². The Kier molecular flexibility index (Phi) is 4.98. The average molecular weight is 310 g/mol. The molecule has 0 spiro atoms. The third kappa shape index (κ3) is 4.36. The van der Waals surface area contributed by atoms with Crippen LogP contribution in [-0.4, -0.2) is 33.9 Å². The summed E-state index contributed by atoms with van der Waals surface area (Å²) in [5.41, 5.74) is 1.86. The van der Waals surface area contributed by atoms with E-state index < -0.39 is 0 Å². The minimum Gasteiger partial charge on any atom is -0.326 e. The Bertz CT molecular complexity index is 651. The zero-order chi connectivity index (χ0) is 16.1. The van der Waals surface area contributed by atoms with Crippen LogP contribution in [0.3, 0.4) is 0 Å². The molecule has 23 heavy (non-hydrogen) atoms. The van der Waals surface area contributed by atoms with Crippen molar-refractivity contribution in [3.63, 3.8) is 0 Å². The molecule has 120 valence electrons. The second-order valence-electron chi connectivity index (χ2n) is 6.02. The van der Waals surface area contributed by atoms with Crippen LogP contribution >= 0.6 is 0 Å². The van der Waals surface area contributed by atoms with Crippen molar-refractivity contribution >= 4 is 11.6 Å². The summed E-state index contributed by atoms with van der Waals surface area (Å²) in [7, 11) is 0. The molecule has 1 saturated heterocycles. The predicted molar refractivity (Wildman–Crippen MR) is 89.8 cm³/mol. The lowest BCUT2D eigenvalue weighted by Gasteiger charge is -2.30. The van der Waals surface area contributed by atoms with E-state index in [1.807, 2.05) is 43.3 Å². The Hall–Kier alpha value is -2.27. The summed E-state index contributed by atoms with van der Waals surface area (Å²) in [6, 6.07) is 11.6. The summed E-state index contributed by atoms with van der Waals surface area (Å²) in [6.07, 6.45) is 3.56. The number of aryl methyl sites for hydroxylation is 1. The first-order valence-electron chi connectivity index (χ1n) is 8.07. The lowest BCUT2D eigenvalue weighted by Crippen LogP contribution is -2.38. The molecule has 0 atom stereocenters. The number of benzene rings is 1. The fourth-order valence-corrected chi connectivity index (χ4v) is 2.90. The van der Waals surface area contributed by atoms with Gasteiger partial charge in [0.25, 0.3) is 0 Å². The van der Waals surface area contributed by atoms with Gasteiger partial charge in [-0.1, -0.05) is 18.2 Å². The van der Waals surface area contributed by atoms with Gasteiger partial charge in [-0.2, -0.15) is 0 Å². The van der Waals surface area contributed by atoms with Crippen molar-refractivity contribution in [1.82, 2.24) is 14.9 Å². The van der Waals surface area contributed by atoms with Gasteiger partial charge in [0.15, 0.2) is 0 Å². The van der Waals surface area contributed by atoms with E-state index in [0.717, 1.165) is 49.7 Å². The zero-order valence-electron chi connectivity index (χ0n) is 13.4. The molecule has 1 fully saturated rings. The van der Waals surface area contributed by atoms with Gasteiger partial charge in [-0.25, -0.2) is 9.97 Å². The lowest BCUT2D eigenvalue weighted by atomic mass is 9.96. The van der Waals surface area contributed by atoms with Crippen molar-refractivity contribution in [2.75, 3.05) is 18.4 Å². The number of carbonyl (C=O) groups is 1. The normalized spacial score (nSPS) is 16.2. The third-order valence-corrected chi connectivity index (χ3v) is 4.21. The molecule has 0 unspecified atom stereocenters. The second-order valence-corrected chi connectivity index (χ2v) is 6.02. The van der Waals surface area contributed by atoms with Gasteiger partial charge in [-0.05, 0) is 51.1 Å². The SMILES string of the molecule is Cc1ccnc(CN2CCC(C(=O)Nc3ccccc3)CC2)n1. The third-order valence-electron chi connectivity index (χ3n) is 4.21.